The lowest BCUT2D eigenvalue weighted by molar-refractivity contribution is -0.329. The third-order valence-electron chi connectivity index (χ3n) is 10.6. The van der Waals surface area contributed by atoms with Crippen molar-refractivity contribution in [2.24, 2.45) is 11.5 Å². The van der Waals surface area contributed by atoms with Gasteiger partial charge in [0.25, 0.3) is 0 Å². The van der Waals surface area contributed by atoms with Crippen molar-refractivity contribution in [3.8, 4) is 39.9 Å². The molecule has 0 bridgehead atoms. The lowest BCUT2D eigenvalue weighted by atomic mass is 9.79. The number of aliphatic carboxylic acids is 1. The first-order valence-electron chi connectivity index (χ1n) is 17.3. The lowest BCUT2D eigenvalue weighted by Gasteiger charge is -2.48. The maximum atomic E-state index is 12.3. The van der Waals surface area contributed by atoms with Gasteiger partial charge in [-0.25, -0.2) is 0 Å². The van der Waals surface area contributed by atoms with Crippen LogP contribution in [0.3, 0.4) is 0 Å². The number of carbonyl (C=O) groups excluding carboxylic acids is 1. The molecule has 8 rings (SSSR count). The molecule has 17 nitrogen and oxygen atoms in total. The number of hydrogen-bond donors (Lipinski definition) is 8. The molecule has 0 amide bonds. The van der Waals surface area contributed by atoms with Gasteiger partial charge in [-0.3, -0.25) is 9.59 Å². The topological polar surface area (TPSA) is 268 Å². The van der Waals surface area contributed by atoms with E-state index in [4.69, 9.17) is 49.7 Å². The van der Waals surface area contributed by atoms with Gasteiger partial charge < -0.3 is 75.1 Å². The number of para-hydroxylation sites is 1. The highest BCUT2D eigenvalue weighted by molar-refractivity contribution is 5.98. The molecule has 54 heavy (non-hydrogen) atoms. The van der Waals surface area contributed by atoms with E-state index in [9.17, 15) is 30.0 Å². The molecule has 0 saturated carbocycles. The zero-order valence-corrected chi connectivity index (χ0v) is 28.8. The van der Waals surface area contributed by atoms with Crippen LogP contribution in [0.2, 0.25) is 0 Å². The molecule has 17 heteroatoms. The number of methoxy groups -OCH3 is 1. The van der Waals surface area contributed by atoms with Crippen molar-refractivity contribution >= 4 is 22.8 Å². The molecule has 0 aliphatic carbocycles. The number of nitrogens with one attached hydrogen (secondary N) is 1. The Bertz CT molecular complexity index is 2120. The normalized spacial score (nSPS) is 27.1. The second kappa shape index (κ2) is 13.6. The zero-order valence-electron chi connectivity index (χ0n) is 28.8. The molecule has 5 heterocycles. The molecule has 286 valence electrons. The van der Waals surface area contributed by atoms with E-state index in [1.165, 1.54) is 7.11 Å². The van der Waals surface area contributed by atoms with Crippen molar-refractivity contribution in [3.05, 3.63) is 65.4 Å². The number of carbonyl (C=O) groups is 2. The highest BCUT2D eigenvalue weighted by Gasteiger charge is 2.60. The van der Waals surface area contributed by atoms with Crippen LogP contribution >= 0.6 is 0 Å². The quantitative estimate of drug-likeness (QED) is 0.0671. The van der Waals surface area contributed by atoms with E-state index in [0.29, 0.717) is 39.7 Å². The van der Waals surface area contributed by atoms with Crippen molar-refractivity contribution in [1.82, 2.24) is 4.98 Å². The number of benzene rings is 3. The van der Waals surface area contributed by atoms with Gasteiger partial charge in [0.2, 0.25) is 12.0 Å². The van der Waals surface area contributed by atoms with E-state index in [2.05, 4.69) is 4.98 Å². The number of aromatic nitrogens is 1. The Hall–Kier alpha value is -5.14. The summed E-state index contributed by atoms with van der Waals surface area (Å²) in [4.78, 5) is 26.8. The summed E-state index contributed by atoms with van der Waals surface area (Å²) < 4.78 is 42.0. The third-order valence-corrected chi connectivity index (χ3v) is 10.6. The Balaban J connectivity index is 1.24. The van der Waals surface area contributed by atoms with Crippen LogP contribution in [0, 0.1) is 0 Å². The minimum absolute atomic E-state index is 0.109. The minimum atomic E-state index is -2.21. The second-order valence-electron chi connectivity index (χ2n) is 13.7. The van der Waals surface area contributed by atoms with Gasteiger partial charge in [0.1, 0.15) is 42.3 Å². The van der Waals surface area contributed by atoms with Gasteiger partial charge in [-0.15, -0.1) is 0 Å². The summed E-state index contributed by atoms with van der Waals surface area (Å²) in [6.45, 7) is -0.362. The number of carboxylic acids is 1. The van der Waals surface area contributed by atoms with Gasteiger partial charge in [-0.2, -0.15) is 0 Å². The Morgan fingerprint density at radius 2 is 1.91 bits per heavy atom. The van der Waals surface area contributed by atoms with Crippen LogP contribution in [0.4, 0.5) is 0 Å². The molecule has 8 atom stereocenters. The van der Waals surface area contributed by atoms with Crippen LogP contribution in [0.15, 0.2) is 48.7 Å². The second-order valence-corrected chi connectivity index (χ2v) is 13.7. The van der Waals surface area contributed by atoms with Crippen LogP contribution in [0.25, 0.3) is 22.0 Å². The molecular formula is C37H39N3O14. The molecule has 3 aromatic carbocycles. The first kappa shape index (κ1) is 35.9. The molecule has 8 unspecified atom stereocenters. The number of rotatable bonds is 9. The summed E-state index contributed by atoms with van der Waals surface area (Å²) in [5, 5.41) is 54.2. The first-order valence-corrected chi connectivity index (χ1v) is 17.3. The monoisotopic (exact) mass is 749 g/mol. The van der Waals surface area contributed by atoms with Gasteiger partial charge in [-0.1, -0.05) is 24.3 Å². The summed E-state index contributed by atoms with van der Waals surface area (Å²) in [6, 6.07) is 12.9. The number of ether oxygens (including phenoxy) is 7. The third kappa shape index (κ3) is 5.67. The molecule has 1 saturated heterocycles. The number of esters is 1. The van der Waals surface area contributed by atoms with E-state index >= 15 is 0 Å². The van der Waals surface area contributed by atoms with Gasteiger partial charge in [-0.05, 0) is 25.0 Å². The number of hydrogen-bond acceptors (Lipinski definition) is 15. The fourth-order valence-electron chi connectivity index (χ4n) is 8.12. The van der Waals surface area contributed by atoms with Crippen molar-refractivity contribution in [2.45, 2.75) is 73.8 Å². The lowest BCUT2D eigenvalue weighted by Crippen LogP contribution is -2.71. The highest BCUT2D eigenvalue weighted by atomic mass is 16.7. The average Bonchev–Trinajstić information content (AvgIpc) is 3.70. The Kier molecular flexibility index (Phi) is 9.04. The standard InChI is InChI=1S/C37H39N3O14/c1-48-31-21(50-14-41)7-6-16-19-13-49-23-10-22-17(26(27(23)29(19)53-30(16)31)18-12-40-20-5-3-2-4-15(18)20)8-9-37(47)34(46)28(45)32(54-36(37)51-22)33(35(38)39)52-25(44)11-24(42)43/h2-7,10,12,19,28-29,32-36,40-41,45-47H,8-9,11,13-14,38-39H2,1H3,(H,42,43). The van der Waals surface area contributed by atoms with Crippen LogP contribution in [0.1, 0.15) is 41.6 Å². The number of aliphatic hydroxyl groups excluding tert-OH is 3. The first-order chi connectivity index (χ1) is 25.9. The van der Waals surface area contributed by atoms with E-state index in [1.54, 1.807) is 12.1 Å². The number of carboxylic acid groups (broad SMARTS) is 1. The number of aliphatic hydroxyl groups is 4. The summed E-state index contributed by atoms with van der Waals surface area (Å²) in [5.41, 5.74) is 14.0. The summed E-state index contributed by atoms with van der Waals surface area (Å²) in [6.07, 6.45) is -10.0. The molecular weight excluding hydrogens is 710 g/mol. The fraction of sp³-hybridized carbons (Fsp3) is 0.405. The Morgan fingerprint density at radius 1 is 1.11 bits per heavy atom. The minimum Gasteiger partial charge on any atom is -0.492 e. The van der Waals surface area contributed by atoms with Crippen LogP contribution in [-0.4, -0.2) is 105 Å². The predicted molar refractivity (Wildman–Crippen MR) is 185 cm³/mol. The Labute approximate surface area is 306 Å². The Morgan fingerprint density at radius 3 is 2.65 bits per heavy atom. The van der Waals surface area contributed by atoms with E-state index in [1.807, 2.05) is 36.5 Å². The molecule has 0 radical (unpaired) electrons. The maximum absolute atomic E-state index is 12.3. The van der Waals surface area contributed by atoms with Gasteiger partial charge >= 0.3 is 11.9 Å². The largest absolute Gasteiger partial charge is 0.492 e. The van der Waals surface area contributed by atoms with Crippen LogP contribution in [-0.2, 0) is 25.5 Å². The van der Waals surface area contributed by atoms with Crippen molar-refractivity contribution < 1.29 is 68.3 Å². The van der Waals surface area contributed by atoms with Crippen molar-refractivity contribution in [1.29, 1.82) is 0 Å². The van der Waals surface area contributed by atoms with Gasteiger partial charge in [0.05, 0.1) is 25.8 Å². The molecule has 1 fully saturated rings. The molecule has 4 aliphatic heterocycles. The number of H-pyrrole nitrogens is 1. The SMILES string of the molecule is COc1c(OCO)ccc2c1OC1c3c(cc4c(c3-c3c[nH]c5ccccc35)CCC3(O)C(O4)OC(C(OC(=O)CC(=O)O)C(N)N)C(O)C3O)OCC21. The summed E-state index contributed by atoms with van der Waals surface area (Å²) in [7, 11) is 1.48. The summed E-state index contributed by atoms with van der Waals surface area (Å²) >= 11 is 0. The van der Waals surface area contributed by atoms with E-state index in [0.717, 1.165) is 22.0 Å². The molecule has 4 aliphatic rings. The number of fused-ring (bicyclic) bond motifs is 8. The van der Waals surface area contributed by atoms with Crippen LogP contribution in [0.5, 0.6) is 28.7 Å². The number of aromatic amines is 1. The van der Waals surface area contributed by atoms with Gasteiger partial charge in [0.15, 0.2) is 30.0 Å². The molecule has 10 N–H and O–H groups in total. The number of nitrogens with two attached hydrogens (primary N) is 2. The summed E-state index contributed by atoms with van der Waals surface area (Å²) in [5.74, 6) is -1.25. The van der Waals surface area contributed by atoms with Crippen molar-refractivity contribution in [2.75, 3.05) is 20.5 Å². The molecule has 0 spiro atoms. The highest BCUT2D eigenvalue weighted by Crippen LogP contribution is 2.60. The zero-order chi connectivity index (χ0) is 38.1. The predicted octanol–water partition coefficient (Wildman–Crippen LogP) is 0.915. The smallest absolute Gasteiger partial charge is 0.317 e. The molecule has 4 aromatic rings. The van der Waals surface area contributed by atoms with Crippen molar-refractivity contribution in [3.63, 3.8) is 0 Å². The van der Waals surface area contributed by atoms with E-state index < -0.39 is 73.7 Å². The van der Waals surface area contributed by atoms with E-state index in [-0.39, 0.29) is 31.1 Å². The molecule has 1 aromatic heterocycles. The fourth-order valence-corrected chi connectivity index (χ4v) is 8.12. The maximum Gasteiger partial charge on any atom is 0.317 e. The van der Waals surface area contributed by atoms with Crippen LogP contribution < -0.4 is 35.2 Å². The average molecular weight is 750 g/mol. The van der Waals surface area contributed by atoms with Gasteiger partial charge in [0, 0.05) is 51.0 Å².